The molecule has 120 valence electrons. The topological polar surface area (TPSA) is 41.6 Å². The Morgan fingerprint density at radius 3 is 2.82 bits per heavy atom. The highest BCUT2D eigenvalue weighted by molar-refractivity contribution is 5.91. The van der Waals surface area contributed by atoms with Crippen LogP contribution in [0.4, 0.5) is 11.4 Å². The molecular formula is C18H26N2O2. The Bertz CT molecular complexity index is 492. The number of nitrogens with one attached hydrogen (secondary N) is 1. The number of carbonyl (C=O) groups excluding carboxylic acids is 1. The Kier molecular flexibility index (Phi) is 5.33. The van der Waals surface area contributed by atoms with E-state index in [1.807, 2.05) is 12.1 Å². The van der Waals surface area contributed by atoms with E-state index in [1.54, 1.807) is 0 Å². The van der Waals surface area contributed by atoms with Crippen molar-refractivity contribution in [3.8, 4) is 0 Å². The van der Waals surface area contributed by atoms with Gasteiger partial charge in [0, 0.05) is 31.1 Å². The summed E-state index contributed by atoms with van der Waals surface area (Å²) in [7, 11) is 0. The van der Waals surface area contributed by atoms with Crippen LogP contribution in [-0.2, 0) is 9.53 Å². The summed E-state index contributed by atoms with van der Waals surface area (Å²) < 4.78 is 5.64. The first-order valence-electron chi connectivity index (χ1n) is 8.58. The minimum absolute atomic E-state index is 0.0581. The van der Waals surface area contributed by atoms with Crippen molar-refractivity contribution in [2.24, 2.45) is 0 Å². The van der Waals surface area contributed by atoms with Gasteiger partial charge in [0.15, 0.2) is 0 Å². The van der Waals surface area contributed by atoms with Crippen LogP contribution in [0.5, 0.6) is 0 Å². The molecule has 0 aromatic heterocycles. The lowest BCUT2D eigenvalue weighted by Gasteiger charge is -2.29. The van der Waals surface area contributed by atoms with Gasteiger partial charge in [0.1, 0.15) is 0 Å². The lowest BCUT2D eigenvalue weighted by atomic mass is 10.1. The molecule has 1 aromatic carbocycles. The lowest BCUT2D eigenvalue weighted by molar-refractivity contribution is -0.119. The van der Waals surface area contributed by atoms with Crippen molar-refractivity contribution in [2.45, 2.75) is 51.0 Å². The fourth-order valence-electron chi connectivity index (χ4n) is 3.32. The zero-order valence-corrected chi connectivity index (χ0v) is 13.2. The summed E-state index contributed by atoms with van der Waals surface area (Å²) in [6, 6.07) is 8.21. The van der Waals surface area contributed by atoms with E-state index in [4.69, 9.17) is 4.74 Å². The largest absolute Gasteiger partial charge is 0.378 e. The number of anilines is 2. The van der Waals surface area contributed by atoms with Crippen molar-refractivity contribution in [2.75, 3.05) is 29.9 Å². The van der Waals surface area contributed by atoms with Crippen molar-refractivity contribution in [1.29, 1.82) is 0 Å². The molecule has 4 heteroatoms. The van der Waals surface area contributed by atoms with Gasteiger partial charge in [0.05, 0.1) is 12.5 Å². The van der Waals surface area contributed by atoms with Crippen molar-refractivity contribution < 1.29 is 9.53 Å². The van der Waals surface area contributed by atoms with Crippen LogP contribution in [0.3, 0.4) is 0 Å². The Morgan fingerprint density at radius 2 is 2.05 bits per heavy atom. The van der Waals surface area contributed by atoms with Gasteiger partial charge in [-0.1, -0.05) is 6.07 Å². The molecule has 2 saturated heterocycles. The number of nitrogens with zero attached hydrogens (tertiary/aromatic N) is 1. The molecule has 2 fully saturated rings. The summed E-state index contributed by atoms with van der Waals surface area (Å²) in [5, 5.41) is 3.02. The summed E-state index contributed by atoms with van der Waals surface area (Å²) >= 11 is 0. The summed E-state index contributed by atoms with van der Waals surface area (Å²) in [5.74, 6) is 0.0581. The summed E-state index contributed by atoms with van der Waals surface area (Å²) in [6.07, 6.45) is 7.70. The normalized spacial score (nSPS) is 22.4. The molecule has 1 aromatic rings. The molecule has 1 amide bonds. The van der Waals surface area contributed by atoms with Crippen molar-refractivity contribution in [1.82, 2.24) is 0 Å². The van der Waals surface area contributed by atoms with E-state index < -0.39 is 0 Å². The maximum Gasteiger partial charge on any atom is 0.226 e. The monoisotopic (exact) mass is 302 g/mol. The number of rotatable bonds is 4. The molecule has 0 radical (unpaired) electrons. The van der Waals surface area contributed by atoms with Gasteiger partial charge in [-0.05, 0) is 56.7 Å². The first-order valence-corrected chi connectivity index (χ1v) is 8.58. The Hall–Kier alpha value is -1.55. The molecule has 22 heavy (non-hydrogen) atoms. The van der Waals surface area contributed by atoms with Crippen molar-refractivity contribution in [3.05, 3.63) is 24.3 Å². The summed E-state index contributed by atoms with van der Waals surface area (Å²) in [6.45, 7) is 3.03. The van der Waals surface area contributed by atoms with E-state index >= 15 is 0 Å². The molecule has 0 saturated carbocycles. The minimum Gasteiger partial charge on any atom is -0.378 e. The second-order valence-corrected chi connectivity index (χ2v) is 6.34. The van der Waals surface area contributed by atoms with Crippen LogP contribution in [0, 0.1) is 0 Å². The zero-order chi connectivity index (χ0) is 15.2. The van der Waals surface area contributed by atoms with Gasteiger partial charge >= 0.3 is 0 Å². The molecule has 1 N–H and O–H groups in total. The third-order valence-electron chi connectivity index (χ3n) is 4.54. The zero-order valence-electron chi connectivity index (χ0n) is 13.2. The fourth-order valence-corrected chi connectivity index (χ4v) is 3.32. The third-order valence-corrected chi connectivity index (χ3v) is 4.54. The first kappa shape index (κ1) is 15.3. The van der Waals surface area contributed by atoms with Crippen LogP contribution in [0.25, 0.3) is 0 Å². The quantitative estimate of drug-likeness (QED) is 0.924. The molecule has 4 nitrogen and oxygen atoms in total. The fraction of sp³-hybridized carbons (Fsp3) is 0.611. The number of hydrogen-bond donors (Lipinski definition) is 1. The number of piperidine rings is 1. The average Bonchev–Trinajstić information content (AvgIpc) is 2.57. The van der Waals surface area contributed by atoms with Crippen LogP contribution in [0.2, 0.25) is 0 Å². The smallest absolute Gasteiger partial charge is 0.226 e. The van der Waals surface area contributed by atoms with E-state index in [2.05, 4.69) is 22.3 Å². The average molecular weight is 302 g/mol. The lowest BCUT2D eigenvalue weighted by Crippen LogP contribution is -2.29. The minimum atomic E-state index is 0.0581. The van der Waals surface area contributed by atoms with Gasteiger partial charge in [0.25, 0.3) is 0 Å². The Balaban J connectivity index is 1.56. The van der Waals surface area contributed by atoms with Crippen molar-refractivity contribution >= 4 is 17.3 Å². The van der Waals surface area contributed by atoms with Crippen LogP contribution < -0.4 is 10.2 Å². The summed E-state index contributed by atoms with van der Waals surface area (Å²) in [4.78, 5) is 14.6. The highest BCUT2D eigenvalue weighted by Gasteiger charge is 2.18. The van der Waals surface area contributed by atoms with E-state index in [9.17, 15) is 4.79 Å². The van der Waals surface area contributed by atoms with Gasteiger partial charge < -0.3 is 15.0 Å². The van der Waals surface area contributed by atoms with Crippen LogP contribution in [0.1, 0.15) is 44.9 Å². The standard InChI is InChI=1S/C18H26N2O2/c21-18(14-17-9-2-5-12-22-17)19-15-7-6-8-16(13-15)20-10-3-1-4-11-20/h6-8,13,17H,1-5,9-12,14H2,(H,19,21). The molecule has 0 aliphatic carbocycles. The molecular weight excluding hydrogens is 276 g/mol. The molecule has 1 atom stereocenters. The van der Waals surface area contributed by atoms with E-state index in [1.165, 1.54) is 31.4 Å². The number of carbonyl (C=O) groups is 1. The number of benzene rings is 1. The predicted molar refractivity (Wildman–Crippen MR) is 89.3 cm³/mol. The molecule has 2 heterocycles. The number of ether oxygens (including phenoxy) is 1. The van der Waals surface area contributed by atoms with Crippen LogP contribution in [0.15, 0.2) is 24.3 Å². The molecule has 2 aliphatic heterocycles. The first-order chi connectivity index (χ1) is 10.8. The van der Waals surface area contributed by atoms with Gasteiger partial charge in [-0.15, -0.1) is 0 Å². The number of hydrogen-bond acceptors (Lipinski definition) is 3. The maximum absolute atomic E-state index is 12.2. The molecule has 0 bridgehead atoms. The second kappa shape index (κ2) is 7.63. The van der Waals surface area contributed by atoms with E-state index in [0.29, 0.717) is 6.42 Å². The third kappa shape index (κ3) is 4.23. The second-order valence-electron chi connectivity index (χ2n) is 6.34. The molecule has 1 unspecified atom stereocenters. The van der Waals surface area contributed by atoms with Gasteiger partial charge in [-0.3, -0.25) is 4.79 Å². The predicted octanol–water partition coefficient (Wildman–Crippen LogP) is 3.57. The number of amides is 1. The van der Waals surface area contributed by atoms with Crippen LogP contribution >= 0.6 is 0 Å². The van der Waals surface area contributed by atoms with Gasteiger partial charge in [-0.2, -0.15) is 0 Å². The SMILES string of the molecule is O=C(CC1CCCCO1)Nc1cccc(N2CCCCC2)c1. The summed E-state index contributed by atoms with van der Waals surface area (Å²) in [5.41, 5.74) is 2.11. The van der Waals surface area contributed by atoms with E-state index in [0.717, 1.165) is 38.2 Å². The van der Waals surface area contributed by atoms with Crippen LogP contribution in [-0.4, -0.2) is 31.7 Å². The van der Waals surface area contributed by atoms with E-state index in [-0.39, 0.29) is 12.0 Å². The Morgan fingerprint density at radius 1 is 1.18 bits per heavy atom. The molecule has 0 spiro atoms. The maximum atomic E-state index is 12.2. The van der Waals surface area contributed by atoms with Gasteiger partial charge in [-0.25, -0.2) is 0 Å². The highest BCUT2D eigenvalue weighted by Crippen LogP contribution is 2.23. The molecule has 3 rings (SSSR count). The van der Waals surface area contributed by atoms with Gasteiger partial charge in [0.2, 0.25) is 5.91 Å². The van der Waals surface area contributed by atoms with Crippen molar-refractivity contribution in [3.63, 3.8) is 0 Å². The highest BCUT2D eigenvalue weighted by atomic mass is 16.5. The molecule has 2 aliphatic rings. The Labute approximate surface area is 132 Å².